The van der Waals surface area contributed by atoms with Crippen molar-refractivity contribution in [1.29, 1.82) is 0 Å². The summed E-state index contributed by atoms with van der Waals surface area (Å²) < 4.78 is 0.964. The van der Waals surface area contributed by atoms with Crippen molar-refractivity contribution in [3.05, 3.63) is 9.26 Å². The molecule has 17 heavy (non-hydrogen) atoms. The van der Waals surface area contributed by atoms with E-state index in [-0.39, 0.29) is 5.41 Å². The first-order valence-corrected chi connectivity index (χ1v) is 6.97. The second-order valence-electron chi connectivity index (χ2n) is 4.99. The van der Waals surface area contributed by atoms with Crippen LogP contribution in [-0.2, 0) is 5.41 Å². The minimum Gasteiger partial charge on any atom is -0.383 e. The Morgan fingerprint density at radius 3 is 2.12 bits per heavy atom. The molecule has 1 rings (SSSR count). The zero-order valence-electron chi connectivity index (χ0n) is 11.2. The standard InChI is InChI=1S/C12H21IN4/c1-6-17(7-2)11-15-9(12(3,4)5)8(13)10(14)16-11/h6-7H2,1-5H3,(H2,14,15,16). The lowest BCUT2D eigenvalue weighted by Gasteiger charge is -2.24. The van der Waals surface area contributed by atoms with Crippen molar-refractivity contribution in [3.63, 3.8) is 0 Å². The number of rotatable bonds is 3. The van der Waals surface area contributed by atoms with E-state index >= 15 is 0 Å². The van der Waals surface area contributed by atoms with Crippen LogP contribution in [0.1, 0.15) is 40.3 Å². The van der Waals surface area contributed by atoms with E-state index in [1.54, 1.807) is 0 Å². The van der Waals surface area contributed by atoms with Gasteiger partial charge in [0.2, 0.25) is 5.95 Å². The minimum atomic E-state index is -0.0184. The van der Waals surface area contributed by atoms with Crippen molar-refractivity contribution in [1.82, 2.24) is 9.97 Å². The van der Waals surface area contributed by atoms with Crippen molar-refractivity contribution in [2.45, 2.75) is 40.0 Å². The second-order valence-corrected chi connectivity index (χ2v) is 6.07. The number of nitrogens with two attached hydrogens (primary N) is 1. The molecular formula is C12H21IN4. The van der Waals surface area contributed by atoms with Crippen LogP contribution in [0.5, 0.6) is 0 Å². The molecule has 1 heterocycles. The maximum Gasteiger partial charge on any atom is 0.227 e. The summed E-state index contributed by atoms with van der Waals surface area (Å²) in [6.45, 7) is 12.4. The van der Waals surface area contributed by atoms with Crippen LogP contribution in [0.4, 0.5) is 11.8 Å². The molecule has 0 aliphatic heterocycles. The fourth-order valence-corrected chi connectivity index (χ4v) is 2.65. The summed E-state index contributed by atoms with van der Waals surface area (Å²) in [6, 6.07) is 0. The lowest BCUT2D eigenvalue weighted by molar-refractivity contribution is 0.562. The normalized spacial score (nSPS) is 11.6. The van der Waals surface area contributed by atoms with Crippen LogP contribution in [0, 0.1) is 3.57 Å². The van der Waals surface area contributed by atoms with E-state index in [4.69, 9.17) is 5.73 Å². The third-order valence-electron chi connectivity index (χ3n) is 2.62. The van der Waals surface area contributed by atoms with Gasteiger partial charge in [0.05, 0.1) is 9.26 Å². The highest BCUT2D eigenvalue weighted by Crippen LogP contribution is 2.29. The monoisotopic (exact) mass is 348 g/mol. The van der Waals surface area contributed by atoms with Gasteiger partial charge in [0, 0.05) is 18.5 Å². The average molecular weight is 348 g/mol. The van der Waals surface area contributed by atoms with Gasteiger partial charge in [-0.05, 0) is 36.4 Å². The predicted octanol–water partition coefficient (Wildman–Crippen LogP) is 2.81. The van der Waals surface area contributed by atoms with Gasteiger partial charge in [-0.3, -0.25) is 0 Å². The molecule has 1 aromatic heterocycles. The van der Waals surface area contributed by atoms with E-state index in [1.165, 1.54) is 0 Å². The number of hydrogen-bond acceptors (Lipinski definition) is 4. The Labute approximate surface area is 117 Å². The van der Waals surface area contributed by atoms with Crippen LogP contribution in [-0.4, -0.2) is 23.1 Å². The molecule has 0 aliphatic rings. The van der Waals surface area contributed by atoms with Gasteiger partial charge in [0.15, 0.2) is 0 Å². The molecule has 0 aliphatic carbocycles. The number of nitrogens with zero attached hydrogens (tertiary/aromatic N) is 3. The van der Waals surface area contributed by atoms with Gasteiger partial charge >= 0.3 is 0 Å². The van der Waals surface area contributed by atoms with Gasteiger partial charge in [-0.1, -0.05) is 20.8 Å². The smallest absolute Gasteiger partial charge is 0.227 e. The third-order valence-corrected chi connectivity index (χ3v) is 3.69. The molecule has 2 N–H and O–H groups in total. The SMILES string of the molecule is CCN(CC)c1nc(N)c(I)c(C(C)(C)C)n1. The molecule has 0 radical (unpaired) electrons. The molecule has 0 saturated carbocycles. The second kappa shape index (κ2) is 5.37. The lowest BCUT2D eigenvalue weighted by atomic mass is 9.92. The molecule has 0 aromatic carbocycles. The Hall–Kier alpha value is -0.590. The molecule has 0 bridgehead atoms. The lowest BCUT2D eigenvalue weighted by Crippen LogP contribution is -2.27. The first-order chi connectivity index (χ1) is 7.81. The van der Waals surface area contributed by atoms with E-state index in [2.05, 4.69) is 72.1 Å². The van der Waals surface area contributed by atoms with Crippen molar-refractivity contribution in [2.75, 3.05) is 23.7 Å². The minimum absolute atomic E-state index is 0.0184. The van der Waals surface area contributed by atoms with Crippen LogP contribution in [0.2, 0.25) is 0 Å². The van der Waals surface area contributed by atoms with E-state index in [0.29, 0.717) is 5.82 Å². The summed E-state index contributed by atoms with van der Waals surface area (Å²) in [7, 11) is 0. The van der Waals surface area contributed by atoms with E-state index in [9.17, 15) is 0 Å². The summed E-state index contributed by atoms with van der Waals surface area (Å²) in [5, 5.41) is 0. The Kier molecular flexibility index (Phi) is 4.57. The van der Waals surface area contributed by atoms with Gasteiger partial charge in [-0.2, -0.15) is 4.98 Å². The summed E-state index contributed by atoms with van der Waals surface area (Å²) in [5.74, 6) is 1.31. The topological polar surface area (TPSA) is 55.0 Å². The van der Waals surface area contributed by atoms with Crippen molar-refractivity contribution < 1.29 is 0 Å². The molecule has 1 aromatic rings. The molecule has 0 amide bonds. The first-order valence-electron chi connectivity index (χ1n) is 5.89. The molecule has 0 saturated heterocycles. The first kappa shape index (κ1) is 14.5. The number of nitrogen functional groups attached to an aromatic ring is 1. The van der Waals surface area contributed by atoms with Crippen LogP contribution < -0.4 is 10.6 Å². The molecule has 0 unspecified atom stereocenters. The van der Waals surface area contributed by atoms with Crippen LogP contribution in [0.25, 0.3) is 0 Å². The van der Waals surface area contributed by atoms with Gasteiger partial charge in [-0.25, -0.2) is 4.98 Å². The van der Waals surface area contributed by atoms with E-state index in [0.717, 1.165) is 28.3 Å². The molecule has 0 spiro atoms. The average Bonchev–Trinajstić information content (AvgIpc) is 2.23. The molecule has 0 fully saturated rings. The quantitative estimate of drug-likeness (QED) is 0.854. The Balaban J connectivity index is 3.33. The molecule has 96 valence electrons. The maximum absolute atomic E-state index is 5.98. The van der Waals surface area contributed by atoms with Gasteiger partial charge in [0.1, 0.15) is 5.82 Å². The highest BCUT2D eigenvalue weighted by atomic mass is 127. The number of aromatic nitrogens is 2. The van der Waals surface area contributed by atoms with Crippen molar-refractivity contribution in [3.8, 4) is 0 Å². The van der Waals surface area contributed by atoms with Crippen molar-refractivity contribution in [2.24, 2.45) is 0 Å². The highest BCUT2D eigenvalue weighted by Gasteiger charge is 2.23. The third kappa shape index (κ3) is 3.20. The van der Waals surface area contributed by atoms with Crippen molar-refractivity contribution >= 4 is 34.4 Å². The van der Waals surface area contributed by atoms with Gasteiger partial charge < -0.3 is 10.6 Å². The van der Waals surface area contributed by atoms with Gasteiger partial charge in [-0.15, -0.1) is 0 Å². The molecule has 5 heteroatoms. The fourth-order valence-electron chi connectivity index (χ4n) is 1.60. The summed E-state index contributed by atoms with van der Waals surface area (Å²) >= 11 is 2.23. The summed E-state index contributed by atoms with van der Waals surface area (Å²) in [6.07, 6.45) is 0. The number of halogens is 1. The van der Waals surface area contributed by atoms with Gasteiger partial charge in [0.25, 0.3) is 0 Å². The van der Waals surface area contributed by atoms with Crippen LogP contribution in [0.15, 0.2) is 0 Å². The zero-order valence-corrected chi connectivity index (χ0v) is 13.4. The Bertz CT molecular complexity index is 394. The summed E-state index contributed by atoms with van der Waals surface area (Å²) in [5.41, 5.74) is 6.98. The molecule has 4 nitrogen and oxygen atoms in total. The molecular weight excluding hydrogens is 327 g/mol. The Morgan fingerprint density at radius 1 is 1.18 bits per heavy atom. The number of anilines is 2. The molecule has 0 atom stereocenters. The number of hydrogen-bond donors (Lipinski definition) is 1. The Morgan fingerprint density at radius 2 is 1.71 bits per heavy atom. The van der Waals surface area contributed by atoms with E-state index < -0.39 is 0 Å². The largest absolute Gasteiger partial charge is 0.383 e. The zero-order chi connectivity index (χ0) is 13.2. The van der Waals surface area contributed by atoms with Crippen LogP contribution in [0.3, 0.4) is 0 Å². The highest BCUT2D eigenvalue weighted by molar-refractivity contribution is 14.1. The maximum atomic E-state index is 5.98. The predicted molar refractivity (Wildman–Crippen MR) is 81.4 cm³/mol. The van der Waals surface area contributed by atoms with E-state index in [1.807, 2.05) is 0 Å². The van der Waals surface area contributed by atoms with Crippen LogP contribution >= 0.6 is 22.6 Å². The fraction of sp³-hybridized carbons (Fsp3) is 0.667. The summed E-state index contributed by atoms with van der Waals surface area (Å²) in [4.78, 5) is 11.2.